The van der Waals surface area contributed by atoms with Crippen molar-refractivity contribution in [2.45, 2.75) is 25.5 Å². The van der Waals surface area contributed by atoms with Gasteiger partial charge in [-0.25, -0.2) is 0 Å². The standard InChI is InChI=1S/C4H10S.Li.H/c1-3-4(2)5;;/h4-5H,3H2,1-2H3;;/q;+1;-1. The third-order valence-corrected chi connectivity index (χ3v) is 0.956. The van der Waals surface area contributed by atoms with Crippen LogP contribution in [0.25, 0.3) is 0 Å². The number of hydrogen-bond acceptors (Lipinski definition) is 1. The summed E-state index contributed by atoms with van der Waals surface area (Å²) in [5.41, 5.74) is 0. The maximum absolute atomic E-state index is 4.10. The Bertz CT molecular complexity index is 25.7. The zero-order valence-corrected chi connectivity index (χ0v) is 5.63. The Morgan fingerprint density at radius 1 is 1.83 bits per heavy atom. The molecule has 0 saturated heterocycles. The SMILES string of the molecule is CCC(C)S.[H-].[Li+]. The van der Waals surface area contributed by atoms with Gasteiger partial charge in [0, 0.05) is 0 Å². The Kier molecular flexibility index (Phi) is 9.95. The number of thiol groups is 1. The van der Waals surface area contributed by atoms with Crippen LogP contribution in [0.5, 0.6) is 0 Å². The van der Waals surface area contributed by atoms with Crippen LogP contribution in [0.1, 0.15) is 21.7 Å². The van der Waals surface area contributed by atoms with Gasteiger partial charge in [-0.2, -0.15) is 12.6 Å². The summed E-state index contributed by atoms with van der Waals surface area (Å²) in [7, 11) is 0. The minimum Gasteiger partial charge on any atom is -1.00 e. The average Bonchev–Trinajstić information content (AvgIpc) is 1.38. The van der Waals surface area contributed by atoms with Gasteiger partial charge in [0.1, 0.15) is 0 Å². The Labute approximate surface area is 58.8 Å². The molecule has 0 aliphatic heterocycles. The van der Waals surface area contributed by atoms with Gasteiger partial charge in [-0.3, -0.25) is 0 Å². The normalized spacial score (nSPS) is 12.5. The molecule has 0 fully saturated rings. The van der Waals surface area contributed by atoms with E-state index < -0.39 is 0 Å². The van der Waals surface area contributed by atoms with Crippen LogP contribution in [0, 0.1) is 0 Å². The van der Waals surface area contributed by atoms with Crippen molar-refractivity contribution in [3.05, 3.63) is 0 Å². The van der Waals surface area contributed by atoms with Crippen LogP contribution in [-0.4, -0.2) is 5.25 Å². The van der Waals surface area contributed by atoms with E-state index in [2.05, 4.69) is 26.5 Å². The monoisotopic (exact) mass is 98.1 g/mol. The molecule has 2 heteroatoms. The summed E-state index contributed by atoms with van der Waals surface area (Å²) in [6.45, 7) is 4.21. The van der Waals surface area contributed by atoms with Crippen molar-refractivity contribution in [1.82, 2.24) is 0 Å². The second kappa shape index (κ2) is 5.95. The topological polar surface area (TPSA) is 0 Å². The van der Waals surface area contributed by atoms with Crippen LogP contribution in [0.15, 0.2) is 0 Å². The molecule has 0 amide bonds. The molecular weight excluding hydrogens is 87.1 g/mol. The van der Waals surface area contributed by atoms with E-state index in [0.717, 1.165) is 0 Å². The van der Waals surface area contributed by atoms with Crippen LogP contribution < -0.4 is 18.9 Å². The molecule has 0 aromatic heterocycles. The fourth-order valence-electron chi connectivity index (χ4n) is 0. The Morgan fingerprint density at radius 3 is 2.00 bits per heavy atom. The Hall–Kier alpha value is 0.947. The maximum Gasteiger partial charge on any atom is 1.00 e. The average molecular weight is 98.1 g/mol. The second-order valence-corrected chi connectivity index (χ2v) is 2.14. The summed E-state index contributed by atoms with van der Waals surface area (Å²) >= 11 is 4.10. The third kappa shape index (κ3) is 8.87. The quantitative estimate of drug-likeness (QED) is 0.310. The number of rotatable bonds is 1. The molecule has 0 aliphatic rings. The number of hydrogen-bond donors (Lipinski definition) is 1. The van der Waals surface area contributed by atoms with Crippen molar-refractivity contribution in [1.29, 1.82) is 0 Å². The molecule has 0 bridgehead atoms. The van der Waals surface area contributed by atoms with Crippen LogP contribution >= 0.6 is 12.6 Å². The molecule has 0 spiro atoms. The van der Waals surface area contributed by atoms with Gasteiger partial charge in [0.2, 0.25) is 0 Å². The molecule has 0 nitrogen and oxygen atoms in total. The first-order chi connectivity index (χ1) is 2.27. The van der Waals surface area contributed by atoms with Crippen molar-refractivity contribution in [2.24, 2.45) is 0 Å². The van der Waals surface area contributed by atoms with E-state index in [-0.39, 0.29) is 20.3 Å². The van der Waals surface area contributed by atoms with Crippen molar-refractivity contribution in [3.63, 3.8) is 0 Å². The molecule has 0 N–H and O–H groups in total. The van der Waals surface area contributed by atoms with E-state index >= 15 is 0 Å². The molecule has 0 radical (unpaired) electrons. The first-order valence-corrected chi connectivity index (χ1v) is 2.47. The van der Waals surface area contributed by atoms with Crippen molar-refractivity contribution in [3.8, 4) is 0 Å². The van der Waals surface area contributed by atoms with E-state index in [1.54, 1.807) is 0 Å². The summed E-state index contributed by atoms with van der Waals surface area (Å²) in [4.78, 5) is 0. The van der Waals surface area contributed by atoms with Gasteiger partial charge in [0.25, 0.3) is 0 Å². The molecule has 0 aliphatic carbocycles. The molecule has 0 rings (SSSR count). The summed E-state index contributed by atoms with van der Waals surface area (Å²) in [6, 6.07) is 0. The fraction of sp³-hybridized carbons (Fsp3) is 1.00. The van der Waals surface area contributed by atoms with Crippen LogP contribution in [0.3, 0.4) is 0 Å². The van der Waals surface area contributed by atoms with Gasteiger partial charge in [-0.05, 0) is 11.7 Å². The van der Waals surface area contributed by atoms with Crippen molar-refractivity contribution >= 4 is 12.6 Å². The zero-order valence-electron chi connectivity index (χ0n) is 5.73. The Balaban J connectivity index is -0.0000000800. The van der Waals surface area contributed by atoms with E-state index in [1.807, 2.05) is 0 Å². The molecule has 34 valence electrons. The van der Waals surface area contributed by atoms with E-state index in [1.165, 1.54) is 6.42 Å². The van der Waals surface area contributed by atoms with E-state index in [4.69, 9.17) is 0 Å². The van der Waals surface area contributed by atoms with Crippen LogP contribution in [0.2, 0.25) is 0 Å². The first kappa shape index (κ1) is 10.0. The first-order valence-electron chi connectivity index (χ1n) is 1.95. The molecule has 0 aromatic carbocycles. The molecule has 1 unspecified atom stereocenters. The minimum atomic E-state index is 0. The molecular formula is C4H11LiS. The van der Waals surface area contributed by atoms with Gasteiger partial charge in [-0.1, -0.05) is 13.8 Å². The van der Waals surface area contributed by atoms with E-state index in [0.29, 0.717) is 5.25 Å². The Morgan fingerprint density at radius 2 is 2.00 bits per heavy atom. The molecule has 6 heavy (non-hydrogen) atoms. The molecule has 0 saturated carbocycles. The summed E-state index contributed by atoms with van der Waals surface area (Å²) < 4.78 is 0. The van der Waals surface area contributed by atoms with E-state index in [9.17, 15) is 0 Å². The fourth-order valence-corrected chi connectivity index (χ4v) is 0. The van der Waals surface area contributed by atoms with Crippen molar-refractivity contribution < 1.29 is 20.3 Å². The predicted octanol–water partition coefficient (Wildman–Crippen LogP) is -1.17. The summed E-state index contributed by atoms with van der Waals surface area (Å²) in [5, 5.41) is 0.579. The van der Waals surface area contributed by atoms with Gasteiger partial charge in [-0.15, -0.1) is 0 Å². The maximum atomic E-state index is 4.10. The predicted molar refractivity (Wildman–Crippen MR) is 29.9 cm³/mol. The smallest absolute Gasteiger partial charge is 1.00 e. The van der Waals surface area contributed by atoms with Crippen molar-refractivity contribution in [2.75, 3.05) is 0 Å². The summed E-state index contributed by atoms with van der Waals surface area (Å²) in [6.07, 6.45) is 1.17. The van der Waals surface area contributed by atoms with Gasteiger partial charge in [0.05, 0.1) is 0 Å². The van der Waals surface area contributed by atoms with Gasteiger partial charge < -0.3 is 1.43 Å². The zero-order chi connectivity index (χ0) is 4.28. The van der Waals surface area contributed by atoms with Gasteiger partial charge in [0.15, 0.2) is 0 Å². The molecule has 1 atom stereocenters. The molecule has 0 aromatic rings. The second-order valence-electron chi connectivity index (χ2n) is 1.26. The van der Waals surface area contributed by atoms with Crippen LogP contribution in [0.4, 0.5) is 0 Å². The van der Waals surface area contributed by atoms with Crippen LogP contribution in [-0.2, 0) is 0 Å². The third-order valence-electron chi connectivity index (χ3n) is 0.591. The minimum absolute atomic E-state index is 0. The molecule has 0 heterocycles. The van der Waals surface area contributed by atoms with Gasteiger partial charge >= 0.3 is 18.9 Å². The summed E-state index contributed by atoms with van der Waals surface area (Å²) in [5.74, 6) is 0. The largest absolute Gasteiger partial charge is 1.00 e.